The number of hydrogen-bond donors (Lipinski definition) is 1. The Kier molecular flexibility index (Phi) is 4.55. The van der Waals surface area contributed by atoms with Crippen LogP contribution in [0, 0.1) is 0 Å². The van der Waals surface area contributed by atoms with Crippen LogP contribution in [0.4, 0.5) is 13.2 Å². The number of nitrogens with one attached hydrogen (secondary N) is 1. The Morgan fingerprint density at radius 2 is 2.10 bits per heavy atom. The first-order valence-corrected chi connectivity index (χ1v) is 8.81. The summed E-state index contributed by atoms with van der Waals surface area (Å²) >= 11 is 0. The number of carbonyl (C=O) groups is 1. The van der Waals surface area contributed by atoms with Crippen LogP contribution in [0.2, 0.25) is 0 Å². The summed E-state index contributed by atoms with van der Waals surface area (Å²) in [4.78, 5) is 16.6. The molecule has 0 aromatic carbocycles. The van der Waals surface area contributed by atoms with E-state index in [-0.39, 0.29) is 17.4 Å². The largest absolute Gasteiger partial charge is 0.435 e. The molecule has 1 atom stereocenters. The first-order chi connectivity index (χ1) is 13.7. The van der Waals surface area contributed by atoms with E-state index in [1.54, 1.807) is 6.92 Å². The monoisotopic (exact) mass is 407 g/mol. The van der Waals surface area contributed by atoms with Crippen molar-refractivity contribution in [1.82, 2.24) is 35.4 Å². The van der Waals surface area contributed by atoms with Crippen LogP contribution in [0.3, 0.4) is 0 Å². The first kappa shape index (κ1) is 19.0. The molecule has 1 aliphatic rings. The van der Waals surface area contributed by atoms with Crippen molar-refractivity contribution in [1.29, 1.82) is 0 Å². The Hall–Kier alpha value is -3.31. The number of halogens is 3. The van der Waals surface area contributed by atoms with Gasteiger partial charge in [0.15, 0.2) is 5.69 Å². The minimum Gasteiger partial charge on any atom is -0.339 e. The van der Waals surface area contributed by atoms with Gasteiger partial charge in [0.25, 0.3) is 5.91 Å². The van der Waals surface area contributed by atoms with Gasteiger partial charge in [-0.25, -0.2) is 0 Å². The van der Waals surface area contributed by atoms with Crippen molar-refractivity contribution in [3.05, 3.63) is 41.3 Å². The minimum atomic E-state index is -4.64. The quantitative estimate of drug-likeness (QED) is 0.692. The smallest absolute Gasteiger partial charge is 0.339 e. The second kappa shape index (κ2) is 6.94. The van der Waals surface area contributed by atoms with Crippen molar-refractivity contribution in [3.63, 3.8) is 0 Å². The number of aryl methyl sites for hydroxylation is 1. The molecule has 0 unspecified atom stereocenters. The van der Waals surface area contributed by atoms with E-state index in [0.29, 0.717) is 17.5 Å². The van der Waals surface area contributed by atoms with Gasteiger partial charge in [-0.3, -0.25) is 9.48 Å². The van der Waals surface area contributed by atoms with Crippen LogP contribution in [0.25, 0.3) is 11.4 Å². The summed E-state index contributed by atoms with van der Waals surface area (Å²) in [5, 5.41) is 17.8. The minimum absolute atomic E-state index is 0.108. The number of amides is 1. The van der Waals surface area contributed by atoms with Crippen LogP contribution < -0.4 is 5.32 Å². The van der Waals surface area contributed by atoms with Crippen LogP contribution in [0.5, 0.6) is 0 Å². The molecule has 1 N–H and O–H groups in total. The molecule has 1 aliphatic carbocycles. The third-order valence-corrected chi connectivity index (χ3v) is 4.49. The fourth-order valence-electron chi connectivity index (χ4n) is 2.76. The summed E-state index contributed by atoms with van der Waals surface area (Å²) in [6.45, 7) is 1.58. The normalized spacial score (nSPS) is 15.3. The summed E-state index contributed by atoms with van der Waals surface area (Å²) in [5.74, 6) is 0.0611. The molecule has 3 heterocycles. The van der Waals surface area contributed by atoms with E-state index < -0.39 is 23.8 Å². The molecule has 12 heteroatoms. The zero-order valence-corrected chi connectivity index (χ0v) is 15.4. The zero-order valence-electron chi connectivity index (χ0n) is 15.4. The van der Waals surface area contributed by atoms with E-state index in [0.717, 1.165) is 23.2 Å². The van der Waals surface area contributed by atoms with Crippen molar-refractivity contribution in [3.8, 4) is 11.4 Å². The van der Waals surface area contributed by atoms with Crippen molar-refractivity contribution in [2.24, 2.45) is 7.05 Å². The predicted molar refractivity (Wildman–Crippen MR) is 91.4 cm³/mol. The van der Waals surface area contributed by atoms with Crippen LogP contribution >= 0.6 is 0 Å². The van der Waals surface area contributed by atoms with Gasteiger partial charge >= 0.3 is 6.18 Å². The average Bonchev–Trinajstić information content (AvgIpc) is 3.25. The average molecular weight is 407 g/mol. The van der Waals surface area contributed by atoms with Crippen LogP contribution in [-0.4, -0.2) is 36.0 Å². The summed E-state index contributed by atoms with van der Waals surface area (Å²) in [5.41, 5.74) is 0.120. The lowest BCUT2D eigenvalue weighted by Crippen LogP contribution is -2.28. The predicted octanol–water partition coefficient (Wildman–Crippen LogP) is 2.65. The van der Waals surface area contributed by atoms with Crippen LogP contribution in [0.1, 0.15) is 59.5 Å². The Balaban J connectivity index is 1.48. The fourth-order valence-corrected chi connectivity index (χ4v) is 2.76. The van der Waals surface area contributed by atoms with Gasteiger partial charge in [-0.15, -0.1) is 0 Å². The van der Waals surface area contributed by atoms with Gasteiger partial charge < -0.3 is 9.84 Å². The summed E-state index contributed by atoms with van der Waals surface area (Å²) in [7, 11) is 1.26. The maximum absolute atomic E-state index is 12.8. The molecule has 0 saturated heterocycles. The fraction of sp³-hybridized carbons (Fsp3) is 0.412. The molecular weight excluding hydrogens is 391 g/mol. The third-order valence-electron chi connectivity index (χ3n) is 4.49. The van der Waals surface area contributed by atoms with E-state index in [1.807, 2.05) is 6.07 Å². The molecule has 4 rings (SSSR count). The standard InChI is InChI=1S/C17H16F3N7O2/c1-8(22-15(28)12-6-13(17(18,19)20)25-27(12)2)16-23-14(26-29-16)10-5-11(9-3-4-9)24-21-7-10/h5-9H,3-4H2,1-2H3,(H,22,28)/t8-/m0/s1. The number of aromatic nitrogens is 6. The second-order valence-electron chi connectivity index (χ2n) is 6.83. The summed E-state index contributed by atoms with van der Waals surface area (Å²) in [6, 6.07) is 1.80. The topological polar surface area (TPSA) is 112 Å². The highest BCUT2D eigenvalue weighted by Crippen LogP contribution is 2.39. The molecule has 0 radical (unpaired) electrons. The third kappa shape index (κ3) is 3.96. The van der Waals surface area contributed by atoms with Crippen molar-refractivity contribution < 1.29 is 22.5 Å². The van der Waals surface area contributed by atoms with Crippen molar-refractivity contribution >= 4 is 5.91 Å². The van der Waals surface area contributed by atoms with E-state index in [9.17, 15) is 18.0 Å². The molecule has 0 bridgehead atoms. The second-order valence-corrected chi connectivity index (χ2v) is 6.83. The number of rotatable bonds is 5. The molecule has 1 fully saturated rings. The maximum Gasteiger partial charge on any atom is 0.435 e. The van der Waals surface area contributed by atoms with Gasteiger partial charge in [-0.05, 0) is 25.8 Å². The van der Waals surface area contributed by atoms with Gasteiger partial charge in [-0.1, -0.05) is 5.16 Å². The molecule has 152 valence electrons. The van der Waals surface area contributed by atoms with E-state index in [1.165, 1.54) is 13.2 Å². The Morgan fingerprint density at radius 1 is 1.34 bits per heavy atom. The number of hydrogen-bond acceptors (Lipinski definition) is 7. The molecule has 3 aromatic rings. The zero-order chi connectivity index (χ0) is 20.8. The number of nitrogens with zero attached hydrogens (tertiary/aromatic N) is 6. The SMILES string of the molecule is C[C@H](NC(=O)c1cc(C(F)(F)F)nn1C)c1nc(-c2cnnc(C3CC3)c2)no1. The van der Waals surface area contributed by atoms with E-state index >= 15 is 0 Å². The lowest BCUT2D eigenvalue weighted by Gasteiger charge is -2.09. The molecule has 1 saturated carbocycles. The molecule has 3 aromatic heterocycles. The van der Waals surface area contributed by atoms with Gasteiger partial charge in [0, 0.05) is 24.6 Å². The Labute approximate surface area is 162 Å². The summed E-state index contributed by atoms with van der Waals surface area (Å²) in [6.07, 6.45) is -0.981. The van der Waals surface area contributed by atoms with E-state index in [2.05, 4.69) is 30.8 Å². The maximum atomic E-state index is 12.8. The molecular formula is C17H16F3N7O2. The molecule has 0 spiro atoms. The van der Waals surface area contributed by atoms with Gasteiger partial charge in [0.2, 0.25) is 11.7 Å². The van der Waals surface area contributed by atoms with Crippen molar-refractivity contribution in [2.45, 2.75) is 37.9 Å². The number of carbonyl (C=O) groups excluding carboxylic acids is 1. The van der Waals surface area contributed by atoms with Crippen LogP contribution in [-0.2, 0) is 13.2 Å². The molecule has 9 nitrogen and oxygen atoms in total. The first-order valence-electron chi connectivity index (χ1n) is 8.81. The molecule has 1 amide bonds. The van der Waals surface area contributed by atoms with Crippen molar-refractivity contribution in [2.75, 3.05) is 0 Å². The lowest BCUT2D eigenvalue weighted by molar-refractivity contribution is -0.141. The summed E-state index contributed by atoms with van der Waals surface area (Å²) < 4.78 is 44.4. The molecule has 29 heavy (non-hydrogen) atoms. The lowest BCUT2D eigenvalue weighted by atomic mass is 10.2. The Bertz CT molecular complexity index is 1060. The number of alkyl halides is 3. The van der Waals surface area contributed by atoms with Gasteiger partial charge in [0.05, 0.1) is 11.9 Å². The van der Waals surface area contributed by atoms with Crippen LogP contribution in [0.15, 0.2) is 22.9 Å². The molecule has 0 aliphatic heterocycles. The highest BCUT2D eigenvalue weighted by Gasteiger charge is 2.35. The van der Waals surface area contributed by atoms with Gasteiger partial charge in [0.1, 0.15) is 11.7 Å². The Morgan fingerprint density at radius 3 is 2.76 bits per heavy atom. The highest BCUT2D eigenvalue weighted by molar-refractivity contribution is 5.92. The highest BCUT2D eigenvalue weighted by atomic mass is 19.4. The van der Waals surface area contributed by atoms with Gasteiger partial charge in [-0.2, -0.15) is 33.5 Å². The van der Waals surface area contributed by atoms with E-state index in [4.69, 9.17) is 4.52 Å².